The van der Waals surface area contributed by atoms with E-state index in [0.717, 1.165) is 5.84 Å². The van der Waals surface area contributed by atoms with Gasteiger partial charge in [-0.05, 0) is 6.92 Å². The Bertz CT molecular complexity index is 126. The lowest BCUT2D eigenvalue weighted by atomic mass is 10.7. The lowest BCUT2D eigenvalue weighted by Crippen LogP contribution is -2.29. The fourth-order valence-electron chi connectivity index (χ4n) is 0.357. The zero-order chi connectivity index (χ0) is 6.15. The smallest absolute Gasteiger partial charge is 0.213 e. The van der Waals surface area contributed by atoms with Crippen LogP contribution in [0.3, 0.4) is 0 Å². The van der Waals surface area contributed by atoms with Crippen LogP contribution in [0, 0.1) is 0 Å². The van der Waals surface area contributed by atoms with E-state index in [2.05, 4.69) is 9.93 Å². The Balaban J connectivity index is 2.59. The van der Waals surface area contributed by atoms with Crippen LogP contribution in [0.25, 0.3) is 0 Å². The molecule has 1 unspecified atom stereocenters. The maximum atomic E-state index is 10.6. The number of hydrogen-bond donors (Lipinski definition) is 1. The summed E-state index contributed by atoms with van der Waals surface area (Å²) in [5.41, 5.74) is 0. The van der Waals surface area contributed by atoms with Crippen LogP contribution in [0.15, 0.2) is 5.10 Å². The Morgan fingerprint density at radius 2 is 2.50 bits per heavy atom. The summed E-state index contributed by atoms with van der Waals surface area (Å²) < 4.78 is 12.2. The molecule has 0 spiro atoms. The summed E-state index contributed by atoms with van der Waals surface area (Å²) in [6, 6.07) is 0. The topological polar surface area (TPSA) is 50.7 Å². The van der Waals surface area contributed by atoms with E-state index in [0.29, 0.717) is 0 Å². The van der Waals surface area contributed by atoms with Crippen LogP contribution in [-0.2, 0) is 11.5 Å². The third-order valence-corrected chi connectivity index (χ3v) is 2.00. The highest BCUT2D eigenvalue weighted by Crippen LogP contribution is 2.01. The average Bonchev–Trinajstić information content (AvgIpc) is 1.98. The van der Waals surface area contributed by atoms with Crippen LogP contribution in [0.1, 0.15) is 6.92 Å². The maximum Gasteiger partial charge on any atom is 0.213 e. The normalized spacial score (nSPS) is 27.6. The molecule has 1 aliphatic rings. The zero-order valence-corrected chi connectivity index (χ0v) is 5.53. The molecular formula is C3H7N3OS. The molecule has 1 atom stereocenters. The lowest BCUT2D eigenvalue weighted by molar-refractivity contribution is 0.550. The van der Waals surface area contributed by atoms with Gasteiger partial charge in [-0.1, -0.05) is 4.83 Å². The van der Waals surface area contributed by atoms with Gasteiger partial charge in [0.1, 0.15) is 0 Å². The number of nitrogens with zero attached hydrogens (tertiary/aromatic N) is 2. The minimum absolute atomic E-state index is 0.753. The lowest BCUT2D eigenvalue weighted by Gasteiger charge is -2.08. The molecule has 0 radical (unpaired) electrons. The standard InChI is InChI=1S/C3H7N3OS/c1-3-4-5-8(7)6(3)2/h5H,1-2H3. The van der Waals surface area contributed by atoms with Crippen LogP contribution in [0.2, 0.25) is 0 Å². The number of amidine groups is 1. The quantitative estimate of drug-likeness (QED) is 0.450. The van der Waals surface area contributed by atoms with Crippen LogP contribution in [0.4, 0.5) is 0 Å². The second-order valence-electron chi connectivity index (χ2n) is 1.50. The molecule has 1 heterocycles. The summed E-state index contributed by atoms with van der Waals surface area (Å²) in [5.74, 6) is 0.753. The molecule has 8 heavy (non-hydrogen) atoms. The molecular weight excluding hydrogens is 126 g/mol. The monoisotopic (exact) mass is 133 g/mol. The van der Waals surface area contributed by atoms with Gasteiger partial charge in [-0.3, -0.25) is 0 Å². The van der Waals surface area contributed by atoms with Crippen molar-refractivity contribution in [2.45, 2.75) is 6.92 Å². The second kappa shape index (κ2) is 1.83. The summed E-state index contributed by atoms with van der Waals surface area (Å²) in [6.07, 6.45) is 0. The van der Waals surface area contributed by atoms with Crippen LogP contribution in [-0.4, -0.2) is 21.7 Å². The van der Waals surface area contributed by atoms with Crippen LogP contribution >= 0.6 is 0 Å². The predicted molar refractivity (Wildman–Crippen MR) is 32.2 cm³/mol. The van der Waals surface area contributed by atoms with E-state index in [1.54, 1.807) is 18.3 Å². The first-order valence-corrected chi connectivity index (χ1v) is 3.28. The molecule has 0 saturated heterocycles. The van der Waals surface area contributed by atoms with E-state index >= 15 is 0 Å². The molecule has 0 aromatic heterocycles. The van der Waals surface area contributed by atoms with E-state index < -0.39 is 11.5 Å². The first-order chi connectivity index (χ1) is 3.72. The zero-order valence-electron chi connectivity index (χ0n) is 4.71. The molecule has 4 nitrogen and oxygen atoms in total. The van der Waals surface area contributed by atoms with Crippen molar-refractivity contribution in [2.24, 2.45) is 5.10 Å². The number of rotatable bonds is 0. The predicted octanol–water partition coefficient (Wildman–Crippen LogP) is -0.567. The molecule has 0 aromatic carbocycles. The van der Waals surface area contributed by atoms with Crippen LogP contribution < -0.4 is 4.83 Å². The van der Waals surface area contributed by atoms with E-state index in [1.807, 2.05) is 0 Å². The Kier molecular flexibility index (Phi) is 1.31. The molecule has 1 aliphatic heterocycles. The summed E-state index contributed by atoms with van der Waals surface area (Å²) in [4.78, 5) is 2.41. The molecule has 1 N–H and O–H groups in total. The first-order valence-electron chi connectivity index (χ1n) is 2.17. The summed E-state index contributed by atoms with van der Waals surface area (Å²) in [7, 11) is 1.72. The summed E-state index contributed by atoms with van der Waals surface area (Å²) in [6.45, 7) is 1.79. The van der Waals surface area contributed by atoms with Gasteiger partial charge in [-0.15, -0.1) is 5.10 Å². The fraction of sp³-hybridized carbons (Fsp3) is 0.667. The maximum absolute atomic E-state index is 10.6. The average molecular weight is 133 g/mol. The van der Waals surface area contributed by atoms with E-state index in [4.69, 9.17) is 0 Å². The minimum Gasteiger partial charge on any atom is -0.567 e. The highest BCUT2D eigenvalue weighted by molar-refractivity contribution is 7.87. The summed E-state index contributed by atoms with van der Waals surface area (Å²) in [5, 5.41) is 3.69. The minimum atomic E-state index is -1.12. The molecule has 46 valence electrons. The number of hydrazone groups is 1. The van der Waals surface area contributed by atoms with Gasteiger partial charge in [0.2, 0.25) is 11.5 Å². The molecule has 5 heteroatoms. The van der Waals surface area contributed by atoms with Crippen molar-refractivity contribution in [3.8, 4) is 0 Å². The van der Waals surface area contributed by atoms with Gasteiger partial charge in [0.05, 0.1) is 7.05 Å². The van der Waals surface area contributed by atoms with E-state index in [9.17, 15) is 4.55 Å². The molecule has 0 bridgehead atoms. The number of hydrogen-bond acceptors (Lipinski definition) is 4. The molecule has 0 amide bonds. The van der Waals surface area contributed by atoms with Gasteiger partial charge >= 0.3 is 0 Å². The first kappa shape index (κ1) is 5.71. The van der Waals surface area contributed by atoms with Gasteiger partial charge in [-0.2, -0.15) is 4.31 Å². The Morgan fingerprint density at radius 3 is 2.62 bits per heavy atom. The molecule has 0 aliphatic carbocycles. The largest absolute Gasteiger partial charge is 0.567 e. The van der Waals surface area contributed by atoms with Gasteiger partial charge in [0, 0.05) is 0 Å². The summed E-state index contributed by atoms with van der Waals surface area (Å²) >= 11 is -1.12. The molecule has 0 saturated carbocycles. The highest BCUT2D eigenvalue weighted by atomic mass is 32.2. The SMILES string of the molecule is CC1=NN[S+]([O-])N1C. The Labute approximate surface area is 51.0 Å². The van der Waals surface area contributed by atoms with Gasteiger partial charge in [-0.25, -0.2) is 0 Å². The number of nitrogens with one attached hydrogen (secondary N) is 1. The van der Waals surface area contributed by atoms with Crippen molar-refractivity contribution >= 4 is 17.4 Å². The Morgan fingerprint density at radius 1 is 1.88 bits per heavy atom. The second-order valence-corrected chi connectivity index (χ2v) is 2.73. The Hall–Kier alpha value is -0.420. The third-order valence-electron chi connectivity index (χ3n) is 0.990. The molecule has 0 fully saturated rings. The molecule has 0 aromatic rings. The van der Waals surface area contributed by atoms with Gasteiger partial charge < -0.3 is 4.55 Å². The highest BCUT2D eigenvalue weighted by Gasteiger charge is 2.22. The third kappa shape index (κ3) is 0.740. The van der Waals surface area contributed by atoms with Crippen LogP contribution in [0.5, 0.6) is 0 Å². The fourth-order valence-corrected chi connectivity index (χ4v) is 0.970. The van der Waals surface area contributed by atoms with Crippen molar-refractivity contribution in [3.63, 3.8) is 0 Å². The van der Waals surface area contributed by atoms with Crippen molar-refractivity contribution in [1.29, 1.82) is 0 Å². The van der Waals surface area contributed by atoms with E-state index in [-0.39, 0.29) is 0 Å². The van der Waals surface area contributed by atoms with Gasteiger partial charge in [0.25, 0.3) is 0 Å². The van der Waals surface area contributed by atoms with Crippen molar-refractivity contribution in [2.75, 3.05) is 7.05 Å². The van der Waals surface area contributed by atoms with Crippen molar-refractivity contribution in [1.82, 2.24) is 9.14 Å². The molecule has 1 rings (SSSR count). The van der Waals surface area contributed by atoms with E-state index in [1.165, 1.54) is 0 Å². The van der Waals surface area contributed by atoms with Gasteiger partial charge in [0.15, 0.2) is 5.84 Å². The van der Waals surface area contributed by atoms with Crippen molar-refractivity contribution in [3.05, 3.63) is 0 Å². The van der Waals surface area contributed by atoms with Crippen molar-refractivity contribution < 1.29 is 4.55 Å².